The molecule has 0 spiro atoms. The van der Waals surface area contributed by atoms with Crippen molar-refractivity contribution >= 4 is 5.90 Å². The SMILES string of the molecule is COC1=N[NH+]([O-])C(C)C=C1. The van der Waals surface area contributed by atoms with Gasteiger partial charge >= 0.3 is 0 Å². The highest BCUT2D eigenvalue weighted by Gasteiger charge is 2.11. The number of nitrogens with one attached hydrogen (secondary N) is 1. The lowest BCUT2D eigenvalue weighted by Crippen LogP contribution is -3.06. The van der Waals surface area contributed by atoms with Crippen LogP contribution in [0.15, 0.2) is 17.3 Å². The van der Waals surface area contributed by atoms with E-state index in [-0.39, 0.29) is 11.2 Å². The van der Waals surface area contributed by atoms with Crippen molar-refractivity contribution in [2.45, 2.75) is 13.0 Å². The predicted molar refractivity (Wildman–Crippen MR) is 37.4 cm³/mol. The number of quaternary nitrogens is 1. The number of hydrogen-bond acceptors (Lipinski definition) is 3. The summed E-state index contributed by atoms with van der Waals surface area (Å²) in [5, 5.41) is 14.4. The molecule has 1 aliphatic heterocycles. The Balaban J connectivity index is 2.66. The summed E-state index contributed by atoms with van der Waals surface area (Å²) in [5.74, 6) is 0.392. The summed E-state index contributed by atoms with van der Waals surface area (Å²) in [7, 11) is 1.49. The Morgan fingerprint density at radius 2 is 2.50 bits per heavy atom. The molecule has 0 aromatic rings. The lowest BCUT2D eigenvalue weighted by molar-refractivity contribution is -0.874. The number of rotatable bonds is 0. The first-order valence-corrected chi connectivity index (χ1v) is 3.09. The van der Waals surface area contributed by atoms with E-state index in [1.165, 1.54) is 7.11 Å². The highest BCUT2D eigenvalue weighted by molar-refractivity contribution is 5.87. The molecule has 0 amide bonds. The average molecular weight is 142 g/mol. The maximum Gasteiger partial charge on any atom is 0.266 e. The van der Waals surface area contributed by atoms with Crippen LogP contribution in [0, 0.1) is 5.21 Å². The van der Waals surface area contributed by atoms with Crippen LogP contribution < -0.4 is 5.17 Å². The van der Waals surface area contributed by atoms with Gasteiger partial charge in [0, 0.05) is 6.08 Å². The van der Waals surface area contributed by atoms with Gasteiger partial charge in [-0.3, -0.25) is 0 Å². The molecule has 0 saturated heterocycles. The molecule has 1 rings (SSSR count). The Bertz CT molecular complexity index is 177. The summed E-state index contributed by atoms with van der Waals surface area (Å²) < 4.78 is 4.75. The normalized spacial score (nSPS) is 31.7. The van der Waals surface area contributed by atoms with Crippen molar-refractivity contribution in [2.24, 2.45) is 5.10 Å². The lowest BCUT2D eigenvalue weighted by Gasteiger charge is -2.22. The van der Waals surface area contributed by atoms with E-state index in [0.29, 0.717) is 5.90 Å². The molecule has 0 bridgehead atoms. The highest BCUT2D eigenvalue weighted by Crippen LogP contribution is 1.89. The van der Waals surface area contributed by atoms with Crippen molar-refractivity contribution in [3.8, 4) is 0 Å². The van der Waals surface area contributed by atoms with Gasteiger partial charge in [-0.25, -0.2) is 5.17 Å². The second-order valence-corrected chi connectivity index (χ2v) is 2.14. The van der Waals surface area contributed by atoms with E-state index in [4.69, 9.17) is 4.74 Å². The summed E-state index contributed by atoms with van der Waals surface area (Å²) in [6, 6.07) is -0.0982. The fourth-order valence-corrected chi connectivity index (χ4v) is 0.670. The molecule has 0 fully saturated rings. The van der Waals surface area contributed by atoms with Crippen LogP contribution in [-0.4, -0.2) is 19.0 Å². The monoisotopic (exact) mass is 142 g/mol. The van der Waals surface area contributed by atoms with E-state index in [0.717, 1.165) is 0 Å². The molecule has 10 heavy (non-hydrogen) atoms. The molecule has 0 radical (unpaired) electrons. The largest absolute Gasteiger partial charge is 0.606 e. The zero-order chi connectivity index (χ0) is 7.56. The van der Waals surface area contributed by atoms with Gasteiger partial charge in [-0.1, -0.05) is 0 Å². The molecule has 0 saturated carbocycles. The molecule has 1 N–H and O–H groups in total. The maximum absolute atomic E-state index is 10.8. The molecule has 2 unspecified atom stereocenters. The second kappa shape index (κ2) is 2.81. The van der Waals surface area contributed by atoms with E-state index in [9.17, 15) is 5.21 Å². The molecule has 0 aromatic heterocycles. The van der Waals surface area contributed by atoms with Gasteiger partial charge in [-0.15, -0.1) is 0 Å². The van der Waals surface area contributed by atoms with Gasteiger partial charge in [-0.05, 0) is 18.1 Å². The molecule has 2 atom stereocenters. The van der Waals surface area contributed by atoms with E-state index < -0.39 is 0 Å². The Hall–Kier alpha value is -0.870. The fourth-order valence-electron chi connectivity index (χ4n) is 0.670. The molecule has 0 aliphatic carbocycles. The first kappa shape index (κ1) is 7.24. The van der Waals surface area contributed by atoms with Crippen LogP contribution in [0.25, 0.3) is 0 Å². The summed E-state index contributed by atoms with van der Waals surface area (Å²) in [6.45, 7) is 1.80. The minimum absolute atomic E-state index is 0.0982. The molecular formula is C6H10N2O2. The van der Waals surface area contributed by atoms with Gasteiger partial charge in [0.1, 0.15) is 6.04 Å². The van der Waals surface area contributed by atoms with Crippen molar-refractivity contribution in [1.29, 1.82) is 0 Å². The van der Waals surface area contributed by atoms with Crippen LogP contribution in [0.2, 0.25) is 0 Å². The molecule has 4 nitrogen and oxygen atoms in total. The Kier molecular flexibility index (Phi) is 2.03. The molecule has 4 heteroatoms. The minimum atomic E-state index is -0.139. The molecule has 1 heterocycles. The first-order valence-electron chi connectivity index (χ1n) is 3.09. The number of hydrogen-bond donors (Lipinski definition) is 1. The average Bonchev–Trinajstić information content (AvgIpc) is 1.95. The quantitative estimate of drug-likeness (QED) is 0.454. The van der Waals surface area contributed by atoms with E-state index in [1.54, 1.807) is 19.1 Å². The molecular weight excluding hydrogens is 132 g/mol. The van der Waals surface area contributed by atoms with E-state index in [2.05, 4.69) is 5.10 Å². The number of hydroxylamine groups is 1. The summed E-state index contributed by atoms with van der Waals surface area (Å²) >= 11 is 0. The van der Waals surface area contributed by atoms with E-state index in [1.807, 2.05) is 0 Å². The Morgan fingerprint density at radius 1 is 1.80 bits per heavy atom. The van der Waals surface area contributed by atoms with Crippen molar-refractivity contribution in [1.82, 2.24) is 0 Å². The van der Waals surface area contributed by atoms with Gasteiger partial charge in [0.25, 0.3) is 5.90 Å². The molecule has 0 aromatic carbocycles. The van der Waals surface area contributed by atoms with Crippen LogP contribution in [0.5, 0.6) is 0 Å². The summed E-state index contributed by atoms with van der Waals surface area (Å²) in [5.41, 5.74) is 0. The van der Waals surface area contributed by atoms with Gasteiger partial charge in [0.2, 0.25) is 0 Å². The van der Waals surface area contributed by atoms with Gasteiger partial charge in [-0.2, -0.15) is 0 Å². The van der Waals surface area contributed by atoms with E-state index >= 15 is 0 Å². The Labute approximate surface area is 59.4 Å². The van der Waals surface area contributed by atoms with Gasteiger partial charge in [0.15, 0.2) is 0 Å². The van der Waals surface area contributed by atoms with Crippen molar-refractivity contribution < 1.29 is 9.91 Å². The third kappa shape index (κ3) is 1.34. The molecule has 1 aliphatic rings. The molecule has 56 valence electrons. The summed E-state index contributed by atoms with van der Waals surface area (Å²) in [6.07, 6.45) is 3.47. The van der Waals surface area contributed by atoms with Crippen LogP contribution >= 0.6 is 0 Å². The zero-order valence-corrected chi connectivity index (χ0v) is 6.00. The maximum atomic E-state index is 10.8. The van der Waals surface area contributed by atoms with Crippen LogP contribution in [0.3, 0.4) is 0 Å². The standard InChI is InChI=1S/C6H10N2O2/c1-5-3-4-6(10-2)7-8(5)9/h3-5,8H,1-2H3. The number of nitrogens with zero attached hydrogens (tertiary/aromatic N) is 1. The predicted octanol–water partition coefficient (Wildman–Crippen LogP) is -0.713. The summed E-state index contributed by atoms with van der Waals surface area (Å²) in [4.78, 5) is 0. The van der Waals surface area contributed by atoms with Gasteiger partial charge < -0.3 is 9.94 Å². The Morgan fingerprint density at radius 3 is 3.00 bits per heavy atom. The van der Waals surface area contributed by atoms with Crippen molar-refractivity contribution in [3.05, 3.63) is 17.4 Å². The minimum Gasteiger partial charge on any atom is -0.606 e. The topological polar surface area (TPSA) is 49.1 Å². The third-order valence-corrected chi connectivity index (χ3v) is 1.35. The van der Waals surface area contributed by atoms with Crippen LogP contribution in [-0.2, 0) is 4.74 Å². The first-order chi connectivity index (χ1) is 4.74. The highest BCUT2D eigenvalue weighted by atomic mass is 16.5. The van der Waals surface area contributed by atoms with Gasteiger partial charge in [0.05, 0.1) is 7.11 Å². The fraction of sp³-hybridized carbons (Fsp3) is 0.500. The zero-order valence-electron chi connectivity index (χ0n) is 6.00. The van der Waals surface area contributed by atoms with Crippen LogP contribution in [0.1, 0.15) is 6.92 Å². The van der Waals surface area contributed by atoms with Crippen LogP contribution in [0.4, 0.5) is 0 Å². The van der Waals surface area contributed by atoms with Crippen molar-refractivity contribution in [3.63, 3.8) is 0 Å². The third-order valence-electron chi connectivity index (χ3n) is 1.35. The lowest BCUT2D eigenvalue weighted by atomic mass is 10.3. The smallest absolute Gasteiger partial charge is 0.266 e. The number of ether oxygens (including phenoxy) is 1. The second-order valence-electron chi connectivity index (χ2n) is 2.14. The van der Waals surface area contributed by atoms with Crippen molar-refractivity contribution in [2.75, 3.05) is 7.11 Å². The number of methoxy groups -OCH3 is 1.